The molecule has 392 valence electrons. The van der Waals surface area contributed by atoms with Gasteiger partial charge in [0.2, 0.25) is 11.8 Å². The van der Waals surface area contributed by atoms with E-state index in [9.17, 15) is 21.2 Å². The average Bonchev–Trinajstić information content (AvgIpc) is 4.33. The number of carbonyl (C=O) groups excluding carboxylic acids is 2. The molecule has 0 radical (unpaired) electrons. The molecule has 4 aliphatic rings. The number of aliphatic imine (C=N–C) groups is 2. The first-order valence-corrected chi connectivity index (χ1v) is 29.7. The first-order valence-electron chi connectivity index (χ1n) is 25.5. The lowest BCUT2D eigenvalue weighted by atomic mass is 9.81. The molecule has 1 aromatic heterocycles. The highest BCUT2D eigenvalue weighted by atomic mass is 32.2. The van der Waals surface area contributed by atoms with Crippen LogP contribution in [0.1, 0.15) is 56.2 Å². The Labute approximate surface area is 455 Å². The van der Waals surface area contributed by atoms with Crippen molar-refractivity contribution in [2.75, 3.05) is 24.6 Å². The number of fused-ring (bicyclic) bond motifs is 6. The van der Waals surface area contributed by atoms with Crippen molar-refractivity contribution < 1.29 is 40.3 Å². The summed E-state index contributed by atoms with van der Waals surface area (Å²) in [6, 6.07) is 54.2. The largest absolute Gasteiger partial charge is 0.466 e. The summed E-state index contributed by atoms with van der Waals surface area (Å²) in [5.41, 5.74) is 2.82. The quantitative estimate of drug-likeness (QED) is 0.0972. The van der Waals surface area contributed by atoms with E-state index in [1.807, 2.05) is 109 Å². The van der Waals surface area contributed by atoms with Gasteiger partial charge in [0, 0.05) is 72.2 Å². The van der Waals surface area contributed by atoms with Crippen molar-refractivity contribution in [2.45, 2.75) is 59.0 Å². The van der Waals surface area contributed by atoms with Crippen LogP contribution in [0.15, 0.2) is 213 Å². The van der Waals surface area contributed by atoms with Crippen molar-refractivity contribution in [1.29, 1.82) is 0 Å². The third-order valence-electron chi connectivity index (χ3n) is 14.9. The molecule has 7 aromatic carbocycles. The van der Waals surface area contributed by atoms with Crippen LogP contribution in [0.2, 0.25) is 0 Å². The maximum atomic E-state index is 15.6. The molecule has 4 atom stereocenters. The summed E-state index contributed by atoms with van der Waals surface area (Å²) < 4.78 is 83.2. The van der Waals surface area contributed by atoms with Crippen molar-refractivity contribution in [3.05, 3.63) is 243 Å². The number of carbonyl (C=O) groups is 2. The Balaban J connectivity index is 0.937. The molecule has 8 aromatic rings. The Hall–Kier alpha value is -8.12. The summed E-state index contributed by atoms with van der Waals surface area (Å²) in [7, 11) is -7.60. The van der Waals surface area contributed by atoms with Crippen LogP contribution in [0, 0.1) is 5.82 Å². The van der Waals surface area contributed by atoms with Gasteiger partial charge in [0.1, 0.15) is 5.82 Å². The number of nitrogens with zero attached hydrogens (tertiary/aromatic N) is 5. The van der Waals surface area contributed by atoms with E-state index >= 15 is 9.59 Å². The van der Waals surface area contributed by atoms with E-state index in [-0.39, 0.29) is 72.1 Å². The number of ether oxygens (including phenoxy) is 2. The lowest BCUT2D eigenvalue weighted by Crippen LogP contribution is -2.50. The first kappa shape index (κ1) is 50.7. The molecule has 0 fully saturated rings. The van der Waals surface area contributed by atoms with Crippen LogP contribution < -0.4 is 0 Å². The number of amides is 2. The lowest BCUT2D eigenvalue weighted by molar-refractivity contribution is -0.140. The van der Waals surface area contributed by atoms with Gasteiger partial charge < -0.3 is 19.3 Å². The zero-order valence-electron chi connectivity index (χ0n) is 41.9. The van der Waals surface area contributed by atoms with Crippen molar-refractivity contribution in [1.82, 2.24) is 14.8 Å². The van der Waals surface area contributed by atoms with Crippen LogP contribution in [-0.4, -0.2) is 90.9 Å². The van der Waals surface area contributed by atoms with Crippen LogP contribution in [-0.2, 0) is 64.7 Å². The molecule has 0 unspecified atom stereocenters. The van der Waals surface area contributed by atoms with E-state index in [1.165, 1.54) is 40.5 Å². The highest BCUT2D eigenvalue weighted by Crippen LogP contribution is 2.49. The molecular formula is C61H50FN5O8S3. The van der Waals surface area contributed by atoms with Gasteiger partial charge in [-0.1, -0.05) is 121 Å². The summed E-state index contributed by atoms with van der Waals surface area (Å²) in [5.74, 6) is -1.44. The van der Waals surface area contributed by atoms with Crippen molar-refractivity contribution in [3.8, 4) is 11.3 Å². The monoisotopic (exact) mass is 1100 g/mol. The van der Waals surface area contributed by atoms with Gasteiger partial charge in [-0.15, -0.1) is 11.3 Å². The van der Waals surface area contributed by atoms with E-state index < -0.39 is 60.6 Å². The second-order valence-electron chi connectivity index (χ2n) is 19.8. The number of thiazole rings is 1. The standard InChI is InChI=1S/C61H50FN5O8S3/c62-47-29-25-41(26-30-47)36-60-55(75-56(64-60)42-15-5-1-6-16-42)51-35-44(27-28-46(51)39-67(58(60)68)32-34-78(72,73)49-22-11-4-12-23-49)52-40-76-53(63-52)37-61-54(74-57(65-61)43-17-7-2-8-18-43)50-24-14-13-19-45(50)38-66(59(61)69)31-33-77(70,71)48-20-9-3-10-21-48/h1-30,35,40,54-55H,31-34,36-39H2/t54-,55-,60-,61-/m0/s1. The molecule has 13 nitrogen and oxygen atoms in total. The summed E-state index contributed by atoms with van der Waals surface area (Å²) in [4.78, 5) is 50.2. The predicted molar refractivity (Wildman–Crippen MR) is 295 cm³/mol. The third-order valence-corrected chi connectivity index (χ3v) is 19.2. The van der Waals surface area contributed by atoms with E-state index in [4.69, 9.17) is 24.4 Å². The van der Waals surface area contributed by atoms with Gasteiger partial charge in [0.15, 0.2) is 43.0 Å². The van der Waals surface area contributed by atoms with Gasteiger partial charge in [-0.25, -0.2) is 36.2 Å². The highest BCUT2D eigenvalue weighted by molar-refractivity contribution is 7.91. The van der Waals surface area contributed by atoms with E-state index in [0.717, 1.165) is 11.1 Å². The van der Waals surface area contributed by atoms with Gasteiger partial charge >= 0.3 is 0 Å². The fourth-order valence-corrected chi connectivity index (χ4v) is 14.3. The molecule has 12 rings (SSSR count). The van der Waals surface area contributed by atoms with Gasteiger partial charge in [-0.2, -0.15) is 0 Å². The summed E-state index contributed by atoms with van der Waals surface area (Å²) >= 11 is 1.35. The molecule has 0 saturated heterocycles. The molecule has 17 heteroatoms. The zero-order chi connectivity index (χ0) is 53.7. The van der Waals surface area contributed by atoms with Gasteiger partial charge in [0.25, 0.3) is 11.8 Å². The maximum Gasteiger partial charge on any atom is 0.255 e. The van der Waals surface area contributed by atoms with Crippen LogP contribution in [0.4, 0.5) is 4.39 Å². The maximum absolute atomic E-state index is 15.6. The number of sulfone groups is 2. The predicted octanol–water partition coefficient (Wildman–Crippen LogP) is 9.58. The molecule has 0 aliphatic carbocycles. The minimum Gasteiger partial charge on any atom is -0.466 e. The molecule has 78 heavy (non-hydrogen) atoms. The highest BCUT2D eigenvalue weighted by Gasteiger charge is 2.59. The van der Waals surface area contributed by atoms with Crippen molar-refractivity contribution in [3.63, 3.8) is 0 Å². The lowest BCUT2D eigenvalue weighted by Gasteiger charge is -2.32. The SMILES string of the molecule is O=C1N(CCS(=O)(=O)c2ccccc2)Cc2ccc(-c3csc(C[C@]45N=C(c6ccccc6)O[C@H]4c4ccccc4CN(CCS(=O)(=O)c4ccccc4)C5=O)n3)cc2[C@@H]2OC(c3ccccc3)=N[C@]12Cc1ccc(F)cc1. The summed E-state index contributed by atoms with van der Waals surface area (Å²) in [6.07, 6.45) is -1.89. The first-order chi connectivity index (χ1) is 37.8. The molecular weight excluding hydrogens is 1050 g/mol. The summed E-state index contributed by atoms with van der Waals surface area (Å²) in [6.45, 7) is -0.0662. The third kappa shape index (κ3) is 9.49. The molecule has 4 aliphatic heterocycles. The van der Waals surface area contributed by atoms with Gasteiger partial charge in [0.05, 0.1) is 32.0 Å². The van der Waals surface area contributed by atoms with Gasteiger partial charge in [-0.3, -0.25) is 9.59 Å². The van der Waals surface area contributed by atoms with E-state index in [1.54, 1.807) is 65.6 Å². The number of aromatic nitrogens is 1. The molecule has 5 heterocycles. The second-order valence-corrected chi connectivity index (χ2v) is 25.0. The Morgan fingerprint density at radius 1 is 0.538 bits per heavy atom. The number of benzene rings is 7. The fourth-order valence-electron chi connectivity index (χ4n) is 10.9. The Morgan fingerprint density at radius 2 is 1.01 bits per heavy atom. The molecule has 0 saturated carbocycles. The number of hydrogen-bond donors (Lipinski definition) is 0. The summed E-state index contributed by atoms with van der Waals surface area (Å²) in [5, 5.41) is 2.46. The van der Waals surface area contributed by atoms with Crippen LogP contribution >= 0.6 is 11.3 Å². The second kappa shape index (κ2) is 20.4. The number of rotatable bonds is 15. The number of hydrogen-bond acceptors (Lipinski definition) is 12. The van der Waals surface area contributed by atoms with Crippen LogP contribution in [0.5, 0.6) is 0 Å². The minimum atomic E-state index is -3.82. The molecule has 0 bridgehead atoms. The van der Waals surface area contributed by atoms with Crippen molar-refractivity contribution >= 4 is 54.6 Å². The molecule has 0 spiro atoms. The fraction of sp³-hybridized carbons (Fsp3) is 0.197. The number of halogens is 1. The normalized spacial score (nSPS) is 20.7. The minimum absolute atomic E-state index is 0.00271. The average molecular weight is 1100 g/mol. The van der Waals surface area contributed by atoms with Crippen LogP contribution in [0.3, 0.4) is 0 Å². The van der Waals surface area contributed by atoms with E-state index in [2.05, 4.69) is 0 Å². The van der Waals surface area contributed by atoms with Gasteiger partial charge in [-0.05, 0) is 83.4 Å². The van der Waals surface area contributed by atoms with E-state index in [0.29, 0.717) is 44.1 Å². The molecule has 0 N–H and O–H groups in total. The topological polar surface area (TPSA) is 165 Å². The molecule has 2 amide bonds. The van der Waals surface area contributed by atoms with Crippen molar-refractivity contribution in [2.24, 2.45) is 9.98 Å². The van der Waals surface area contributed by atoms with Crippen LogP contribution in [0.25, 0.3) is 11.3 Å². The zero-order valence-corrected chi connectivity index (χ0v) is 44.3. The Bertz CT molecular complexity index is 3890. The smallest absolute Gasteiger partial charge is 0.255 e. The Morgan fingerprint density at radius 3 is 1.56 bits per heavy atom. The Kier molecular flexibility index (Phi) is 13.2.